The van der Waals surface area contributed by atoms with E-state index in [1.165, 1.54) is 18.2 Å². The van der Waals surface area contributed by atoms with Crippen LogP contribution in [0.3, 0.4) is 0 Å². The van der Waals surface area contributed by atoms with Crippen molar-refractivity contribution in [3.63, 3.8) is 0 Å². The first-order valence-corrected chi connectivity index (χ1v) is 8.12. The molecule has 0 radical (unpaired) electrons. The van der Waals surface area contributed by atoms with Crippen LogP contribution in [-0.4, -0.2) is 18.0 Å². The van der Waals surface area contributed by atoms with Crippen molar-refractivity contribution in [3.8, 4) is 11.5 Å². The number of hydrogen-bond acceptors (Lipinski definition) is 3. The first-order valence-electron chi connectivity index (χ1n) is 8.12. The second-order valence-corrected chi connectivity index (χ2v) is 6.58. The minimum Gasteiger partial charge on any atom is -0.508 e. The molecule has 2 aromatic rings. The Morgan fingerprint density at radius 3 is 2.35 bits per heavy atom. The molecule has 1 N–H and O–H groups in total. The zero-order valence-corrected chi connectivity index (χ0v) is 18.5. The summed E-state index contributed by atoms with van der Waals surface area (Å²) in [5.74, 6) is 0.722. The van der Waals surface area contributed by atoms with Crippen molar-refractivity contribution in [1.29, 1.82) is 0 Å². The Morgan fingerprint density at radius 2 is 1.81 bits per heavy atom. The SMILES string of the molecule is C=CC(C)(C)c1cc(/C=C/C(=O)c2ccc(O)cc2)c(OC)cc1C.[W]. The van der Waals surface area contributed by atoms with Crippen LogP contribution in [0, 0.1) is 6.92 Å². The van der Waals surface area contributed by atoms with E-state index in [9.17, 15) is 9.90 Å². The molecule has 0 saturated heterocycles. The van der Waals surface area contributed by atoms with Crippen LogP contribution in [0.1, 0.15) is 40.9 Å². The molecule has 0 fully saturated rings. The molecule has 0 spiro atoms. The number of aromatic hydroxyl groups is 1. The number of aryl methyl sites for hydroxylation is 1. The molecule has 0 aromatic heterocycles. The smallest absolute Gasteiger partial charge is 0.185 e. The van der Waals surface area contributed by atoms with Gasteiger partial charge in [-0.3, -0.25) is 4.79 Å². The summed E-state index contributed by atoms with van der Waals surface area (Å²) in [5.41, 5.74) is 3.43. The zero-order chi connectivity index (χ0) is 18.6. The number of hydrogen-bond donors (Lipinski definition) is 1. The van der Waals surface area contributed by atoms with E-state index in [0.717, 1.165) is 22.4 Å². The maximum absolute atomic E-state index is 12.3. The molecular formula is C22H24O3W. The summed E-state index contributed by atoms with van der Waals surface area (Å²) in [4.78, 5) is 12.3. The Labute approximate surface area is 169 Å². The number of phenols is 1. The molecule has 2 rings (SSSR count). The molecule has 0 aliphatic heterocycles. The van der Waals surface area contributed by atoms with Crippen LogP contribution in [0.5, 0.6) is 11.5 Å². The predicted molar refractivity (Wildman–Crippen MR) is 102 cm³/mol. The molecule has 2 aromatic carbocycles. The van der Waals surface area contributed by atoms with Gasteiger partial charge < -0.3 is 9.84 Å². The average Bonchev–Trinajstić information content (AvgIpc) is 2.60. The van der Waals surface area contributed by atoms with Crippen molar-refractivity contribution >= 4 is 11.9 Å². The van der Waals surface area contributed by atoms with Gasteiger partial charge in [-0.1, -0.05) is 19.9 Å². The van der Waals surface area contributed by atoms with Gasteiger partial charge in [0.15, 0.2) is 5.78 Å². The largest absolute Gasteiger partial charge is 0.508 e. The number of benzene rings is 2. The Hall–Kier alpha value is -2.12. The molecule has 26 heavy (non-hydrogen) atoms. The van der Waals surface area contributed by atoms with Crippen LogP contribution in [0.25, 0.3) is 6.08 Å². The van der Waals surface area contributed by atoms with Crippen molar-refractivity contribution < 1.29 is 35.7 Å². The Morgan fingerprint density at radius 1 is 1.19 bits per heavy atom. The van der Waals surface area contributed by atoms with Gasteiger partial charge in [0.25, 0.3) is 0 Å². The van der Waals surface area contributed by atoms with Gasteiger partial charge in [-0.15, -0.1) is 6.58 Å². The van der Waals surface area contributed by atoms with Gasteiger partial charge in [0, 0.05) is 37.6 Å². The monoisotopic (exact) mass is 520 g/mol. The van der Waals surface area contributed by atoms with Crippen LogP contribution < -0.4 is 4.74 Å². The van der Waals surface area contributed by atoms with E-state index in [0.29, 0.717) is 5.56 Å². The third-order valence-corrected chi connectivity index (χ3v) is 4.35. The maximum Gasteiger partial charge on any atom is 0.185 e. The second kappa shape index (κ2) is 9.00. The molecule has 0 aliphatic carbocycles. The summed E-state index contributed by atoms with van der Waals surface area (Å²) in [7, 11) is 1.62. The number of carbonyl (C=O) groups is 1. The van der Waals surface area contributed by atoms with E-state index < -0.39 is 0 Å². The predicted octanol–water partition coefficient (Wildman–Crippen LogP) is 5.07. The van der Waals surface area contributed by atoms with Gasteiger partial charge in [-0.05, 0) is 66.6 Å². The molecule has 0 unspecified atom stereocenters. The Bertz CT molecular complexity index is 818. The number of ether oxygens (including phenoxy) is 1. The van der Waals surface area contributed by atoms with Crippen LogP contribution >= 0.6 is 0 Å². The minimum atomic E-state index is -0.181. The van der Waals surface area contributed by atoms with Gasteiger partial charge in [0.2, 0.25) is 0 Å². The van der Waals surface area contributed by atoms with Crippen molar-refractivity contribution in [2.24, 2.45) is 0 Å². The van der Waals surface area contributed by atoms with Crippen molar-refractivity contribution in [3.05, 3.63) is 77.4 Å². The fourth-order valence-electron chi connectivity index (χ4n) is 2.70. The number of methoxy groups -OCH3 is 1. The molecule has 0 amide bonds. The standard InChI is InChI=1S/C22H24O3.W/c1-6-22(3,4)19-14-17(21(25-5)13-15(19)2)9-12-20(24)16-7-10-18(23)11-8-16;/h6-14,23H,1H2,2-5H3;/b12-9+;. The fourth-order valence-corrected chi connectivity index (χ4v) is 2.70. The van der Waals surface area contributed by atoms with E-state index in [1.54, 1.807) is 25.3 Å². The number of carbonyl (C=O) groups excluding carboxylic acids is 1. The number of rotatable bonds is 6. The molecular weight excluding hydrogens is 496 g/mol. The van der Waals surface area contributed by atoms with E-state index in [2.05, 4.69) is 20.4 Å². The topological polar surface area (TPSA) is 46.5 Å². The number of allylic oxidation sites excluding steroid dienone is 2. The molecule has 0 saturated carbocycles. The number of ketones is 1. The third kappa shape index (κ3) is 4.95. The molecule has 136 valence electrons. The van der Waals surface area contributed by atoms with Crippen LogP contribution in [0.2, 0.25) is 0 Å². The summed E-state index contributed by atoms with van der Waals surface area (Å²) >= 11 is 0. The van der Waals surface area contributed by atoms with Crippen molar-refractivity contribution in [1.82, 2.24) is 0 Å². The van der Waals surface area contributed by atoms with Gasteiger partial charge in [-0.25, -0.2) is 0 Å². The summed E-state index contributed by atoms with van der Waals surface area (Å²) in [5, 5.41) is 9.32. The van der Waals surface area contributed by atoms with E-state index in [4.69, 9.17) is 4.74 Å². The van der Waals surface area contributed by atoms with Crippen LogP contribution in [0.15, 0.2) is 55.1 Å². The minimum absolute atomic E-state index is 0. The first kappa shape index (κ1) is 21.9. The molecule has 3 nitrogen and oxygen atoms in total. The van der Waals surface area contributed by atoms with Gasteiger partial charge in [0.1, 0.15) is 11.5 Å². The summed E-state index contributed by atoms with van der Waals surface area (Å²) in [6.45, 7) is 10.2. The normalized spacial score (nSPS) is 11.1. The second-order valence-electron chi connectivity index (χ2n) is 6.58. The van der Waals surface area contributed by atoms with Crippen molar-refractivity contribution in [2.75, 3.05) is 7.11 Å². The number of phenolic OH excluding ortho intramolecular Hbond substituents is 1. The third-order valence-electron chi connectivity index (χ3n) is 4.35. The molecule has 0 heterocycles. The molecule has 0 aliphatic rings. The summed E-state index contributed by atoms with van der Waals surface area (Å²) < 4.78 is 5.46. The Kier molecular flexibility index (Phi) is 7.59. The molecule has 0 bridgehead atoms. The first-order chi connectivity index (χ1) is 11.8. The van der Waals surface area contributed by atoms with Crippen molar-refractivity contribution in [2.45, 2.75) is 26.2 Å². The van der Waals surface area contributed by atoms with E-state index in [1.807, 2.05) is 25.1 Å². The quantitative estimate of drug-likeness (QED) is 0.329. The van der Waals surface area contributed by atoms with E-state index >= 15 is 0 Å². The molecule has 4 heteroatoms. The fraction of sp³-hybridized carbons (Fsp3) is 0.227. The average molecular weight is 520 g/mol. The van der Waals surface area contributed by atoms with Gasteiger partial charge in [-0.2, -0.15) is 0 Å². The van der Waals surface area contributed by atoms with Gasteiger partial charge >= 0.3 is 0 Å². The van der Waals surface area contributed by atoms with Crippen LogP contribution in [-0.2, 0) is 26.5 Å². The van der Waals surface area contributed by atoms with Crippen LogP contribution in [0.4, 0.5) is 0 Å². The zero-order valence-electron chi connectivity index (χ0n) is 15.6. The van der Waals surface area contributed by atoms with E-state index in [-0.39, 0.29) is 38.0 Å². The summed E-state index contributed by atoms with van der Waals surface area (Å²) in [6, 6.07) is 10.2. The maximum atomic E-state index is 12.3. The Balaban J connectivity index is 0.00000338. The molecule has 0 atom stereocenters. The summed E-state index contributed by atoms with van der Waals surface area (Å²) in [6.07, 6.45) is 5.19. The van der Waals surface area contributed by atoms with Gasteiger partial charge in [0.05, 0.1) is 7.11 Å².